The fraction of sp³-hybridized carbons (Fsp3) is 0.600. The van der Waals surface area contributed by atoms with Crippen molar-refractivity contribution in [3.05, 3.63) is 24.0 Å². The summed E-state index contributed by atoms with van der Waals surface area (Å²) in [5.74, 6) is -0.143. The van der Waals surface area contributed by atoms with Gasteiger partial charge in [-0.3, -0.25) is 0 Å². The average molecular weight is 248 g/mol. The molecule has 1 heterocycles. The smallest absolute Gasteiger partial charge is 0.125 e. The third-order valence-corrected chi connectivity index (χ3v) is 4.72. The molecule has 0 atom stereocenters. The van der Waals surface area contributed by atoms with Crippen molar-refractivity contribution in [1.82, 2.24) is 0 Å². The van der Waals surface area contributed by atoms with Gasteiger partial charge in [0, 0.05) is 19.1 Å². The molecule has 98 valence electrons. The highest BCUT2D eigenvalue weighted by Crippen LogP contribution is 2.42. The van der Waals surface area contributed by atoms with Gasteiger partial charge in [0.2, 0.25) is 0 Å². The molecule has 18 heavy (non-hydrogen) atoms. The zero-order chi connectivity index (χ0) is 12.6. The summed E-state index contributed by atoms with van der Waals surface area (Å²) in [6.45, 7) is 0.989. The quantitative estimate of drug-likeness (QED) is 0.751. The Hall–Kier alpha value is -1.25. The summed E-state index contributed by atoms with van der Waals surface area (Å²) in [4.78, 5) is 2.34. The van der Waals surface area contributed by atoms with Gasteiger partial charge in [-0.1, -0.05) is 19.3 Å². The molecule has 0 bridgehead atoms. The van der Waals surface area contributed by atoms with Crippen molar-refractivity contribution in [3.8, 4) is 0 Å². The van der Waals surface area contributed by atoms with Crippen LogP contribution >= 0.6 is 0 Å². The molecule has 1 aliphatic carbocycles. The molecule has 0 saturated heterocycles. The summed E-state index contributed by atoms with van der Waals surface area (Å²) in [6.07, 6.45) is 7.57. The highest BCUT2D eigenvalue weighted by atomic mass is 19.1. The van der Waals surface area contributed by atoms with E-state index in [2.05, 4.69) is 17.3 Å². The van der Waals surface area contributed by atoms with Crippen LogP contribution in [0.15, 0.2) is 18.2 Å². The second-order valence-electron chi connectivity index (χ2n) is 5.68. The van der Waals surface area contributed by atoms with Gasteiger partial charge in [0.15, 0.2) is 0 Å². The van der Waals surface area contributed by atoms with E-state index in [9.17, 15) is 4.39 Å². The van der Waals surface area contributed by atoms with E-state index in [1.165, 1.54) is 32.1 Å². The predicted octanol–water partition coefficient (Wildman–Crippen LogP) is 3.78. The Labute approximate surface area is 108 Å². The molecule has 2 nitrogen and oxygen atoms in total. The number of halogens is 1. The minimum Gasteiger partial charge on any atom is -0.383 e. The molecule has 1 fully saturated rings. The summed E-state index contributed by atoms with van der Waals surface area (Å²) in [7, 11) is 2.14. The normalized spacial score (nSPS) is 22.2. The maximum Gasteiger partial charge on any atom is 0.125 e. The Morgan fingerprint density at radius 3 is 2.72 bits per heavy atom. The van der Waals surface area contributed by atoms with E-state index in [0.717, 1.165) is 24.3 Å². The zero-order valence-corrected chi connectivity index (χ0v) is 11.0. The zero-order valence-electron chi connectivity index (χ0n) is 11.0. The van der Waals surface area contributed by atoms with Gasteiger partial charge in [0.05, 0.1) is 11.4 Å². The molecule has 1 aromatic carbocycles. The van der Waals surface area contributed by atoms with Crippen LogP contribution in [-0.2, 0) is 0 Å². The number of anilines is 2. The molecule has 3 heteroatoms. The van der Waals surface area contributed by atoms with E-state index < -0.39 is 0 Å². The first-order valence-electron chi connectivity index (χ1n) is 6.99. The van der Waals surface area contributed by atoms with Crippen LogP contribution in [-0.4, -0.2) is 19.1 Å². The molecule has 1 N–H and O–H groups in total. The minimum absolute atomic E-state index is 0.143. The fourth-order valence-electron chi connectivity index (χ4n) is 3.58. The van der Waals surface area contributed by atoms with E-state index in [1.807, 2.05) is 6.07 Å². The number of nitrogens with zero attached hydrogens (tertiary/aromatic N) is 1. The number of hydrogen-bond acceptors (Lipinski definition) is 2. The Bertz CT molecular complexity index is 438. The van der Waals surface area contributed by atoms with Crippen LogP contribution in [0, 0.1) is 5.82 Å². The molecular formula is C15H21FN2. The first-order valence-corrected chi connectivity index (χ1v) is 6.99. The van der Waals surface area contributed by atoms with E-state index in [-0.39, 0.29) is 11.4 Å². The van der Waals surface area contributed by atoms with Crippen LogP contribution in [0.2, 0.25) is 0 Å². The molecule has 1 saturated carbocycles. The lowest BCUT2D eigenvalue weighted by Crippen LogP contribution is -2.48. The van der Waals surface area contributed by atoms with Gasteiger partial charge < -0.3 is 10.2 Å². The number of benzene rings is 1. The van der Waals surface area contributed by atoms with E-state index in [1.54, 1.807) is 12.1 Å². The second-order valence-corrected chi connectivity index (χ2v) is 5.68. The van der Waals surface area contributed by atoms with Crippen LogP contribution in [0.3, 0.4) is 0 Å². The summed E-state index contributed by atoms with van der Waals surface area (Å²) in [6, 6.07) is 5.07. The molecule has 1 spiro atoms. The summed E-state index contributed by atoms with van der Waals surface area (Å²) < 4.78 is 13.5. The van der Waals surface area contributed by atoms with Crippen molar-refractivity contribution >= 4 is 11.4 Å². The number of fused-ring (bicyclic) bond motifs is 1. The third-order valence-electron chi connectivity index (χ3n) is 4.72. The lowest BCUT2D eigenvalue weighted by molar-refractivity contribution is 0.274. The van der Waals surface area contributed by atoms with Gasteiger partial charge in [-0.15, -0.1) is 0 Å². The van der Waals surface area contributed by atoms with Crippen LogP contribution in [0.4, 0.5) is 15.8 Å². The maximum absolute atomic E-state index is 13.5. The molecular weight excluding hydrogens is 227 g/mol. The molecule has 0 unspecified atom stereocenters. The summed E-state index contributed by atoms with van der Waals surface area (Å²) >= 11 is 0. The SMILES string of the molecule is CN1c2cc(F)ccc2NCCC12CCCCC2. The van der Waals surface area contributed by atoms with E-state index >= 15 is 0 Å². The third kappa shape index (κ3) is 1.86. The number of hydrogen-bond donors (Lipinski definition) is 1. The average Bonchev–Trinajstić information content (AvgIpc) is 2.51. The summed E-state index contributed by atoms with van der Waals surface area (Å²) in [5.41, 5.74) is 2.33. The Kier molecular flexibility index (Phi) is 2.92. The van der Waals surface area contributed by atoms with Crippen LogP contribution in [0.1, 0.15) is 38.5 Å². The minimum atomic E-state index is -0.143. The fourth-order valence-corrected chi connectivity index (χ4v) is 3.58. The molecule has 3 rings (SSSR count). The molecule has 2 aliphatic rings. The van der Waals surface area contributed by atoms with E-state index in [0.29, 0.717) is 0 Å². The lowest BCUT2D eigenvalue weighted by Gasteiger charge is -2.45. The van der Waals surface area contributed by atoms with E-state index in [4.69, 9.17) is 0 Å². The largest absolute Gasteiger partial charge is 0.383 e. The Morgan fingerprint density at radius 2 is 1.94 bits per heavy atom. The topological polar surface area (TPSA) is 15.3 Å². The maximum atomic E-state index is 13.5. The van der Waals surface area contributed by atoms with Gasteiger partial charge in [-0.25, -0.2) is 4.39 Å². The highest BCUT2D eigenvalue weighted by Gasteiger charge is 2.38. The van der Waals surface area contributed by atoms with Crippen molar-refractivity contribution in [2.45, 2.75) is 44.1 Å². The van der Waals surface area contributed by atoms with Crippen LogP contribution < -0.4 is 10.2 Å². The predicted molar refractivity (Wildman–Crippen MR) is 73.7 cm³/mol. The first kappa shape index (κ1) is 11.8. The van der Waals surface area contributed by atoms with Gasteiger partial charge >= 0.3 is 0 Å². The van der Waals surface area contributed by atoms with Gasteiger partial charge in [-0.05, 0) is 37.5 Å². The van der Waals surface area contributed by atoms with Crippen LogP contribution in [0.25, 0.3) is 0 Å². The van der Waals surface area contributed by atoms with Crippen molar-refractivity contribution in [1.29, 1.82) is 0 Å². The monoisotopic (exact) mass is 248 g/mol. The Balaban J connectivity index is 2.01. The molecule has 0 amide bonds. The number of nitrogens with one attached hydrogen (secondary N) is 1. The first-order chi connectivity index (χ1) is 8.71. The van der Waals surface area contributed by atoms with Crippen LogP contribution in [0.5, 0.6) is 0 Å². The van der Waals surface area contributed by atoms with Gasteiger partial charge in [0.25, 0.3) is 0 Å². The molecule has 0 aromatic heterocycles. The Morgan fingerprint density at radius 1 is 1.17 bits per heavy atom. The number of rotatable bonds is 0. The van der Waals surface area contributed by atoms with Crippen molar-refractivity contribution in [2.24, 2.45) is 0 Å². The van der Waals surface area contributed by atoms with Crippen molar-refractivity contribution in [2.75, 3.05) is 23.8 Å². The lowest BCUT2D eigenvalue weighted by atomic mass is 9.78. The summed E-state index contributed by atoms with van der Waals surface area (Å²) in [5, 5.41) is 3.45. The van der Waals surface area contributed by atoms with Gasteiger partial charge in [-0.2, -0.15) is 0 Å². The highest BCUT2D eigenvalue weighted by molar-refractivity contribution is 5.71. The van der Waals surface area contributed by atoms with Gasteiger partial charge in [0.1, 0.15) is 5.82 Å². The standard InChI is InChI=1S/C15H21FN2/c1-18-14-11-12(16)5-6-13(14)17-10-9-15(18)7-3-2-4-8-15/h5-6,11,17H,2-4,7-10H2,1H3. The van der Waals surface area contributed by atoms with Crippen molar-refractivity contribution < 1.29 is 4.39 Å². The molecule has 1 aliphatic heterocycles. The molecule has 1 aromatic rings. The molecule has 0 radical (unpaired) electrons. The second kappa shape index (κ2) is 4.45. The van der Waals surface area contributed by atoms with Crippen molar-refractivity contribution in [3.63, 3.8) is 0 Å².